The summed E-state index contributed by atoms with van der Waals surface area (Å²) >= 11 is 0. The second-order valence-corrected chi connectivity index (χ2v) is 10.7. The summed E-state index contributed by atoms with van der Waals surface area (Å²) in [4.78, 5) is 55.7. The second kappa shape index (κ2) is 9.59. The summed E-state index contributed by atoms with van der Waals surface area (Å²) in [5.41, 5.74) is 3.61. The van der Waals surface area contributed by atoms with Gasteiger partial charge in [0.05, 0.1) is 24.1 Å². The van der Waals surface area contributed by atoms with E-state index in [4.69, 9.17) is 4.74 Å². The van der Waals surface area contributed by atoms with Crippen LogP contribution in [-0.4, -0.2) is 35.1 Å². The van der Waals surface area contributed by atoms with Crippen molar-refractivity contribution < 1.29 is 29.0 Å². The van der Waals surface area contributed by atoms with Crippen molar-refractivity contribution >= 4 is 35.1 Å². The van der Waals surface area contributed by atoms with E-state index in [0.29, 0.717) is 41.0 Å². The minimum absolute atomic E-state index is 0.103. The Morgan fingerprint density at radius 3 is 2.50 bits per heavy atom. The summed E-state index contributed by atoms with van der Waals surface area (Å²) < 4.78 is 5.62. The van der Waals surface area contributed by atoms with Crippen molar-refractivity contribution in [2.24, 2.45) is 17.8 Å². The molecule has 1 N–H and O–H groups in total. The SMILES string of the molecule is C=Cc1ccc(N2C(=O)[C@H]3[C@H](CC=C4[C@H](c5cccc(OCC)c5O)C5=C(C[C@H]43)C(=O)C(C)=CC5=O)C2=O)cc1. The van der Waals surface area contributed by atoms with E-state index in [-0.39, 0.29) is 41.3 Å². The third-order valence-electron chi connectivity index (χ3n) is 8.59. The van der Waals surface area contributed by atoms with Gasteiger partial charge >= 0.3 is 0 Å². The van der Waals surface area contributed by atoms with Gasteiger partial charge in [-0.3, -0.25) is 24.1 Å². The highest BCUT2D eigenvalue weighted by molar-refractivity contribution is 6.25. The Balaban J connectivity index is 1.48. The third-order valence-corrected chi connectivity index (χ3v) is 8.59. The van der Waals surface area contributed by atoms with Crippen LogP contribution in [0.5, 0.6) is 11.5 Å². The van der Waals surface area contributed by atoms with Crippen LogP contribution in [0.3, 0.4) is 0 Å². The number of imide groups is 1. The maximum Gasteiger partial charge on any atom is 0.238 e. The van der Waals surface area contributed by atoms with Crippen LogP contribution in [0.15, 0.2) is 83.5 Å². The summed E-state index contributed by atoms with van der Waals surface area (Å²) in [5, 5.41) is 11.2. The van der Waals surface area contributed by atoms with Crippen molar-refractivity contribution in [2.45, 2.75) is 32.6 Å². The van der Waals surface area contributed by atoms with Crippen molar-refractivity contribution in [3.8, 4) is 11.5 Å². The predicted molar refractivity (Wildman–Crippen MR) is 150 cm³/mol. The summed E-state index contributed by atoms with van der Waals surface area (Å²) in [7, 11) is 0. The largest absolute Gasteiger partial charge is 0.504 e. The Hall–Kier alpha value is -4.52. The highest BCUT2D eigenvalue weighted by Gasteiger charge is 2.56. The molecule has 202 valence electrons. The monoisotopic (exact) mass is 535 g/mol. The number of rotatable bonds is 5. The van der Waals surface area contributed by atoms with Crippen molar-refractivity contribution in [3.05, 3.63) is 94.6 Å². The molecule has 40 heavy (non-hydrogen) atoms. The molecule has 0 saturated carbocycles. The molecule has 1 aliphatic heterocycles. The number of ether oxygens (including phenoxy) is 1. The fourth-order valence-electron chi connectivity index (χ4n) is 6.80. The minimum atomic E-state index is -0.736. The van der Waals surface area contributed by atoms with Crippen LogP contribution in [-0.2, 0) is 19.2 Å². The Bertz CT molecular complexity index is 1590. The molecule has 1 heterocycles. The molecule has 2 aromatic rings. The number of nitrogens with zero attached hydrogens (tertiary/aromatic N) is 1. The number of Topliss-reactive ketones (excluding diaryl/α,β-unsaturated/α-hetero) is 1. The summed E-state index contributed by atoms with van der Waals surface area (Å²) in [5.74, 6) is -3.39. The van der Waals surface area contributed by atoms with Gasteiger partial charge in [-0.05, 0) is 62.4 Å². The van der Waals surface area contributed by atoms with Gasteiger partial charge in [0.25, 0.3) is 0 Å². The molecule has 4 aliphatic rings. The molecule has 6 rings (SSSR count). The van der Waals surface area contributed by atoms with Gasteiger partial charge < -0.3 is 9.84 Å². The number of carbonyl (C=O) groups is 4. The van der Waals surface area contributed by atoms with Gasteiger partial charge in [-0.2, -0.15) is 0 Å². The highest BCUT2D eigenvalue weighted by atomic mass is 16.5. The molecular weight excluding hydrogens is 506 g/mol. The van der Waals surface area contributed by atoms with Gasteiger partial charge in [-0.25, -0.2) is 0 Å². The molecular formula is C33H29NO6. The average Bonchev–Trinajstić information content (AvgIpc) is 3.21. The number of ketones is 2. The molecule has 2 aromatic carbocycles. The first kappa shape index (κ1) is 25.7. The van der Waals surface area contributed by atoms with Crippen LogP contribution in [0.2, 0.25) is 0 Å². The van der Waals surface area contributed by atoms with E-state index in [1.54, 1.807) is 55.5 Å². The summed E-state index contributed by atoms with van der Waals surface area (Å²) in [6, 6.07) is 12.2. The standard InChI is InChI=1S/C33H29NO6/c1-4-18-9-11-19(12-10-18)34-32(38)22-14-13-20-23(28(22)33(34)39)16-24-29(25(35)15-17(3)30(24)36)27(20)21-7-6-8-26(31(21)37)40-5-2/h4,6-13,15,22-23,27-28,37H,1,5,14,16H2,2-3H3/t22-,23+,27+,28-/m0/s1. The number of hydrogen-bond donors (Lipinski definition) is 1. The van der Waals surface area contributed by atoms with Gasteiger partial charge in [0.2, 0.25) is 11.8 Å². The fourth-order valence-corrected chi connectivity index (χ4v) is 6.80. The number of allylic oxidation sites excluding steroid dienone is 6. The predicted octanol–water partition coefficient (Wildman–Crippen LogP) is 5.07. The van der Waals surface area contributed by atoms with E-state index in [9.17, 15) is 24.3 Å². The molecule has 0 aromatic heterocycles. The van der Waals surface area contributed by atoms with Crippen LogP contribution in [0.1, 0.15) is 43.7 Å². The molecule has 4 atom stereocenters. The molecule has 2 amide bonds. The third kappa shape index (κ3) is 3.72. The number of para-hydroxylation sites is 1. The minimum Gasteiger partial charge on any atom is -0.504 e. The first-order valence-electron chi connectivity index (χ1n) is 13.5. The zero-order valence-corrected chi connectivity index (χ0v) is 22.3. The highest BCUT2D eigenvalue weighted by Crippen LogP contribution is 2.57. The maximum absolute atomic E-state index is 14.0. The number of carbonyl (C=O) groups excluding carboxylic acids is 4. The van der Waals surface area contributed by atoms with E-state index in [1.165, 1.54) is 11.0 Å². The van der Waals surface area contributed by atoms with Crippen molar-refractivity contribution in [1.82, 2.24) is 0 Å². The Kier molecular flexibility index (Phi) is 6.17. The van der Waals surface area contributed by atoms with Crippen LogP contribution < -0.4 is 9.64 Å². The van der Waals surface area contributed by atoms with Crippen LogP contribution in [0.25, 0.3) is 6.08 Å². The lowest BCUT2D eigenvalue weighted by molar-refractivity contribution is -0.123. The lowest BCUT2D eigenvalue weighted by Crippen LogP contribution is -2.39. The van der Waals surface area contributed by atoms with Gasteiger partial charge in [0.1, 0.15) is 0 Å². The lowest BCUT2D eigenvalue weighted by atomic mass is 9.59. The zero-order chi connectivity index (χ0) is 28.3. The molecule has 0 spiro atoms. The smallest absolute Gasteiger partial charge is 0.238 e. The van der Waals surface area contributed by atoms with Gasteiger partial charge in [0.15, 0.2) is 23.1 Å². The van der Waals surface area contributed by atoms with E-state index in [2.05, 4.69) is 6.58 Å². The molecule has 0 radical (unpaired) electrons. The Morgan fingerprint density at radius 1 is 1.05 bits per heavy atom. The van der Waals surface area contributed by atoms with E-state index in [1.807, 2.05) is 13.0 Å². The quantitative estimate of drug-likeness (QED) is 0.326. The number of hydrogen-bond acceptors (Lipinski definition) is 6. The lowest BCUT2D eigenvalue weighted by Gasteiger charge is -2.42. The average molecular weight is 536 g/mol. The number of phenolic OH excluding ortho intramolecular Hbond substituents is 1. The first-order valence-corrected chi connectivity index (χ1v) is 13.5. The fraction of sp³-hybridized carbons (Fsp3) is 0.273. The Labute approximate surface area is 232 Å². The van der Waals surface area contributed by atoms with Crippen LogP contribution in [0, 0.1) is 17.8 Å². The van der Waals surface area contributed by atoms with E-state index in [0.717, 1.165) is 11.1 Å². The number of aromatic hydroxyl groups is 1. The number of amides is 2. The van der Waals surface area contributed by atoms with Gasteiger partial charge in [0, 0.05) is 28.2 Å². The van der Waals surface area contributed by atoms with Crippen molar-refractivity contribution in [2.75, 3.05) is 11.5 Å². The molecule has 1 saturated heterocycles. The van der Waals surface area contributed by atoms with E-state index < -0.39 is 23.7 Å². The molecule has 0 unspecified atom stereocenters. The number of benzene rings is 2. The molecule has 3 aliphatic carbocycles. The topological polar surface area (TPSA) is 101 Å². The van der Waals surface area contributed by atoms with Crippen molar-refractivity contribution in [1.29, 1.82) is 0 Å². The summed E-state index contributed by atoms with van der Waals surface area (Å²) in [6.07, 6.45) is 5.48. The number of anilines is 1. The zero-order valence-electron chi connectivity index (χ0n) is 22.3. The van der Waals surface area contributed by atoms with E-state index >= 15 is 0 Å². The molecule has 7 nitrogen and oxygen atoms in total. The number of phenols is 1. The molecule has 0 bridgehead atoms. The second-order valence-electron chi connectivity index (χ2n) is 10.7. The van der Waals surface area contributed by atoms with Gasteiger partial charge in [-0.1, -0.05) is 48.6 Å². The maximum atomic E-state index is 14.0. The van der Waals surface area contributed by atoms with Crippen LogP contribution in [0.4, 0.5) is 5.69 Å². The normalized spacial score (nSPS) is 25.7. The number of fused-ring (bicyclic) bond motifs is 3. The first-order chi connectivity index (χ1) is 19.3. The molecule has 7 heteroatoms. The molecule has 1 fully saturated rings. The Morgan fingerprint density at radius 2 is 1.80 bits per heavy atom. The van der Waals surface area contributed by atoms with Crippen LogP contribution >= 0.6 is 0 Å². The van der Waals surface area contributed by atoms with Gasteiger partial charge in [-0.15, -0.1) is 0 Å². The van der Waals surface area contributed by atoms with Crippen molar-refractivity contribution in [3.63, 3.8) is 0 Å². The summed E-state index contributed by atoms with van der Waals surface area (Å²) in [6.45, 7) is 7.51.